The highest BCUT2D eigenvalue weighted by molar-refractivity contribution is 6.35. The molecule has 2 N–H and O–H groups in total. The zero-order chi connectivity index (χ0) is 21.7. The summed E-state index contributed by atoms with van der Waals surface area (Å²) in [4.78, 5) is 27.8. The van der Waals surface area contributed by atoms with E-state index in [0.717, 1.165) is 28.2 Å². The number of carbonyl (C=O) groups is 2. The predicted octanol–water partition coefficient (Wildman–Crippen LogP) is 2.87. The lowest BCUT2D eigenvalue weighted by Crippen LogP contribution is -2.37. The molecule has 3 aromatic rings. The van der Waals surface area contributed by atoms with Crippen LogP contribution in [-0.2, 0) is 16.1 Å². The number of rotatable bonds is 5. The summed E-state index contributed by atoms with van der Waals surface area (Å²) in [5.74, 6) is -1.57. The second-order valence-corrected chi connectivity index (χ2v) is 7.25. The molecule has 7 heteroatoms. The summed E-state index contributed by atoms with van der Waals surface area (Å²) in [6.45, 7) is 8.38. The summed E-state index contributed by atoms with van der Waals surface area (Å²) in [6, 6.07) is 12.0. The first-order chi connectivity index (χ1) is 14.3. The molecule has 154 valence electrons. The van der Waals surface area contributed by atoms with E-state index >= 15 is 0 Å². The van der Waals surface area contributed by atoms with Gasteiger partial charge in [-0.1, -0.05) is 12.1 Å². The van der Waals surface area contributed by atoms with Crippen molar-refractivity contribution in [2.45, 2.75) is 34.2 Å². The largest absolute Gasteiger partial charge is 0.344 e. The molecule has 0 aliphatic heterocycles. The minimum atomic E-state index is -0.821. The molecule has 1 aromatic carbocycles. The number of hydrazone groups is 1. The lowest BCUT2D eigenvalue weighted by atomic mass is 10.1. The second-order valence-electron chi connectivity index (χ2n) is 7.25. The van der Waals surface area contributed by atoms with E-state index in [-0.39, 0.29) is 6.54 Å². The van der Waals surface area contributed by atoms with Gasteiger partial charge >= 0.3 is 11.8 Å². The van der Waals surface area contributed by atoms with Crippen LogP contribution in [0.4, 0.5) is 0 Å². The standard InChI is InChI=1S/C23H25N5O2/c1-15-8-16(2)10-21(9-15)28-17(3)11-20(18(28)4)14-26-27-23(30)22(29)25-13-19-6-5-7-24-12-19/h5-12,14H,13H2,1-4H3,(H,25,29)(H,27,30)/b26-14-. The fraction of sp³-hybridized carbons (Fsp3) is 0.217. The van der Waals surface area contributed by atoms with E-state index < -0.39 is 11.8 Å². The van der Waals surface area contributed by atoms with E-state index in [2.05, 4.69) is 57.4 Å². The van der Waals surface area contributed by atoms with Crippen molar-refractivity contribution in [1.29, 1.82) is 0 Å². The highest BCUT2D eigenvalue weighted by Gasteiger charge is 2.13. The average molecular weight is 403 g/mol. The molecular weight excluding hydrogens is 378 g/mol. The topological polar surface area (TPSA) is 88.4 Å². The number of hydrogen-bond donors (Lipinski definition) is 2. The smallest absolute Gasteiger partial charge is 0.329 e. The first-order valence-corrected chi connectivity index (χ1v) is 9.63. The molecule has 3 rings (SSSR count). The number of aromatic nitrogens is 2. The maximum Gasteiger partial charge on any atom is 0.329 e. The van der Waals surface area contributed by atoms with Crippen molar-refractivity contribution in [2.24, 2.45) is 5.10 Å². The number of amides is 2. The molecule has 2 amide bonds. The Morgan fingerprint density at radius 1 is 1.07 bits per heavy atom. The molecule has 7 nitrogen and oxygen atoms in total. The summed E-state index contributed by atoms with van der Waals surface area (Å²) in [6.07, 6.45) is 4.82. The number of benzene rings is 1. The van der Waals surface area contributed by atoms with Gasteiger partial charge in [0.05, 0.1) is 6.21 Å². The molecule has 2 heterocycles. The monoisotopic (exact) mass is 403 g/mol. The quantitative estimate of drug-likeness (QED) is 0.390. The number of pyridine rings is 1. The summed E-state index contributed by atoms with van der Waals surface area (Å²) in [7, 11) is 0. The molecule has 0 atom stereocenters. The van der Waals surface area contributed by atoms with Gasteiger partial charge in [0.1, 0.15) is 0 Å². The molecule has 30 heavy (non-hydrogen) atoms. The van der Waals surface area contributed by atoms with Crippen molar-refractivity contribution in [3.63, 3.8) is 0 Å². The number of nitrogens with one attached hydrogen (secondary N) is 2. The Morgan fingerprint density at radius 2 is 1.80 bits per heavy atom. The molecule has 0 aliphatic rings. The first kappa shape index (κ1) is 21.0. The maximum absolute atomic E-state index is 12.0. The van der Waals surface area contributed by atoms with Gasteiger partial charge in [-0.25, -0.2) is 5.43 Å². The second kappa shape index (κ2) is 9.17. The summed E-state index contributed by atoms with van der Waals surface area (Å²) in [5.41, 5.74) is 9.46. The van der Waals surface area contributed by atoms with Gasteiger partial charge in [-0.15, -0.1) is 0 Å². The van der Waals surface area contributed by atoms with Gasteiger partial charge in [0.25, 0.3) is 0 Å². The Bertz CT molecular complexity index is 1080. The maximum atomic E-state index is 12.0. The summed E-state index contributed by atoms with van der Waals surface area (Å²) >= 11 is 0. The van der Waals surface area contributed by atoms with E-state index in [1.54, 1.807) is 24.7 Å². The van der Waals surface area contributed by atoms with E-state index in [1.807, 2.05) is 26.0 Å². The third kappa shape index (κ3) is 5.00. The van der Waals surface area contributed by atoms with Crippen LogP contribution in [0.25, 0.3) is 5.69 Å². The third-order valence-corrected chi connectivity index (χ3v) is 4.69. The summed E-state index contributed by atoms with van der Waals surface area (Å²) in [5, 5.41) is 6.49. The van der Waals surface area contributed by atoms with E-state index in [1.165, 1.54) is 11.1 Å². The van der Waals surface area contributed by atoms with Crippen molar-refractivity contribution < 1.29 is 9.59 Å². The minimum absolute atomic E-state index is 0.223. The molecule has 0 bridgehead atoms. The zero-order valence-corrected chi connectivity index (χ0v) is 17.6. The highest BCUT2D eigenvalue weighted by atomic mass is 16.2. The molecule has 0 spiro atoms. The van der Waals surface area contributed by atoms with Crippen LogP contribution in [0.1, 0.15) is 33.6 Å². The third-order valence-electron chi connectivity index (χ3n) is 4.69. The average Bonchev–Trinajstić information content (AvgIpc) is 2.99. The van der Waals surface area contributed by atoms with E-state index in [4.69, 9.17) is 0 Å². The van der Waals surface area contributed by atoms with Crippen LogP contribution in [0.15, 0.2) is 53.9 Å². The van der Waals surface area contributed by atoms with Gasteiger partial charge < -0.3 is 9.88 Å². The van der Waals surface area contributed by atoms with Crippen LogP contribution in [-0.4, -0.2) is 27.6 Å². The lowest BCUT2D eigenvalue weighted by Gasteiger charge is -2.11. The molecule has 0 unspecified atom stereocenters. The van der Waals surface area contributed by atoms with Crippen molar-refractivity contribution in [3.8, 4) is 5.69 Å². The molecule has 0 saturated carbocycles. The Hall–Kier alpha value is -3.74. The molecule has 2 aromatic heterocycles. The Morgan fingerprint density at radius 3 is 2.47 bits per heavy atom. The fourth-order valence-corrected chi connectivity index (χ4v) is 3.37. The van der Waals surface area contributed by atoms with Gasteiger partial charge in [0, 0.05) is 41.6 Å². The molecule has 0 radical (unpaired) electrons. The van der Waals surface area contributed by atoms with Gasteiger partial charge in [0.2, 0.25) is 0 Å². The molecular formula is C23H25N5O2. The van der Waals surface area contributed by atoms with Gasteiger partial charge in [-0.3, -0.25) is 14.6 Å². The molecule has 0 aliphatic carbocycles. The lowest BCUT2D eigenvalue weighted by molar-refractivity contribution is -0.139. The van der Waals surface area contributed by atoms with Crippen molar-refractivity contribution >= 4 is 18.0 Å². The number of hydrogen-bond acceptors (Lipinski definition) is 4. The highest BCUT2D eigenvalue weighted by Crippen LogP contribution is 2.21. The molecule has 0 fully saturated rings. The Balaban J connectivity index is 1.65. The number of nitrogens with zero attached hydrogens (tertiary/aromatic N) is 3. The van der Waals surface area contributed by atoms with Crippen LogP contribution in [0.5, 0.6) is 0 Å². The summed E-state index contributed by atoms with van der Waals surface area (Å²) < 4.78 is 2.14. The normalized spacial score (nSPS) is 10.9. The number of carbonyl (C=O) groups excluding carboxylic acids is 2. The predicted molar refractivity (Wildman–Crippen MR) is 117 cm³/mol. The van der Waals surface area contributed by atoms with Gasteiger partial charge in [0.15, 0.2) is 0 Å². The SMILES string of the molecule is Cc1cc(C)cc(-n2c(C)cc(/C=N\NC(=O)C(=O)NCc3cccnc3)c2C)c1. The van der Waals surface area contributed by atoms with Gasteiger partial charge in [-0.2, -0.15) is 5.10 Å². The van der Waals surface area contributed by atoms with Crippen molar-refractivity contribution in [2.75, 3.05) is 0 Å². The Kier molecular flexibility index (Phi) is 6.41. The van der Waals surface area contributed by atoms with E-state index in [0.29, 0.717) is 0 Å². The first-order valence-electron chi connectivity index (χ1n) is 9.63. The number of aryl methyl sites for hydroxylation is 3. The van der Waals surface area contributed by atoms with Crippen molar-refractivity contribution in [3.05, 3.63) is 82.4 Å². The Labute approximate surface area is 175 Å². The zero-order valence-electron chi connectivity index (χ0n) is 17.6. The van der Waals surface area contributed by atoms with Crippen LogP contribution >= 0.6 is 0 Å². The molecule has 0 saturated heterocycles. The van der Waals surface area contributed by atoms with Gasteiger partial charge in [-0.05, 0) is 68.7 Å². The van der Waals surface area contributed by atoms with Crippen LogP contribution in [0.2, 0.25) is 0 Å². The van der Waals surface area contributed by atoms with Crippen LogP contribution in [0.3, 0.4) is 0 Å². The van der Waals surface area contributed by atoms with E-state index in [9.17, 15) is 9.59 Å². The van der Waals surface area contributed by atoms with Crippen LogP contribution in [0, 0.1) is 27.7 Å². The van der Waals surface area contributed by atoms with Crippen LogP contribution < -0.4 is 10.7 Å². The van der Waals surface area contributed by atoms with Crippen molar-refractivity contribution in [1.82, 2.24) is 20.3 Å². The minimum Gasteiger partial charge on any atom is -0.344 e. The fourth-order valence-electron chi connectivity index (χ4n) is 3.37.